The molecule has 3 rings (SSSR count). The minimum atomic E-state index is -1.07. The molecule has 0 bridgehead atoms. The summed E-state index contributed by atoms with van der Waals surface area (Å²) in [6.07, 6.45) is 4.26. The molecule has 6 heteroatoms. The predicted octanol–water partition coefficient (Wildman–Crippen LogP) is 1.13. The van der Waals surface area contributed by atoms with Crippen molar-refractivity contribution >= 4 is 5.96 Å². The lowest BCUT2D eigenvalue weighted by atomic mass is 10.0. The molecule has 1 aliphatic carbocycles. The molecule has 0 spiro atoms. The summed E-state index contributed by atoms with van der Waals surface area (Å²) < 4.78 is 5.31. The third kappa shape index (κ3) is 3.87. The van der Waals surface area contributed by atoms with Crippen molar-refractivity contribution in [1.29, 1.82) is 0 Å². The van der Waals surface area contributed by atoms with Crippen molar-refractivity contribution in [2.75, 3.05) is 26.7 Å². The van der Waals surface area contributed by atoms with E-state index in [2.05, 4.69) is 27.4 Å². The largest absolute Gasteiger partial charge is 0.466 e. The van der Waals surface area contributed by atoms with E-state index in [9.17, 15) is 5.11 Å². The maximum absolute atomic E-state index is 10.5. The highest BCUT2D eigenvalue weighted by Crippen LogP contribution is 2.31. The molecule has 0 amide bonds. The summed E-state index contributed by atoms with van der Waals surface area (Å²) in [7, 11) is 1.76. The van der Waals surface area contributed by atoms with Crippen LogP contribution in [0.1, 0.15) is 32.4 Å². The van der Waals surface area contributed by atoms with Crippen molar-refractivity contribution in [1.82, 2.24) is 15.5 Å². The molecule has 2 fully saturated rings. The van der Waals surface area contributed by atoms with E-state index < -0.39 is 5.60 Å². The lowest BCUT2D eigenvalue weighted by Crippen LogP contribution is -2.49. The van der Waals surface area contributed by atoms with Gasteiger partial charge in [0.25, 0.3) is 0 Å². The molecule has 1 aliphatic heterocycles. The standard InChI is InChI=1S/C17H28N4O2/c1-12-9-21(13-6-7-13)10-14(12)20-16(18-3)19-11-17(2,22)15-5-4-8-23-15/h4-5,8,12-14,22H,6-7,9-11H2,1-3H3,(H2,18,19,20). The molecule has 3 unspecified atom stereocenters. The highest BCUT2D eigenvalue weighted by Gasteiger charge is 2.38. The minimum Gasteiger partial charge on any atom is -0.466 e. The van der Waals surface area contributed by atoms with Crippen LogP contribution in [0.15, 0.2) is 27.8 Å². The number of nitrogens with one attached hydrogen (secondary N) is 2. The van der Waals surface area contributed by atoms with Gasteiger partial charge in [-0.2, -0.15) is 0 Å². The second kappa shape index (κ2) is 6.53. The summed E-state index contributed by atoms with van der Waals surface area (Å²) in [5, 5.41) is 17.2. The zero-order chi connectivity index (χ0) is 16.4. The Hall–Kier alpha value is -1.53. The molecule has 0 aromatic carbocycles. The van der Waals surface area contributed by atoms with Gasteiger partial charge in [-0.3, -0.25) is 9.89 Å². The minimum absolute atomic E-state index is 0.341. The van der Waals surface area contributed by atoms with Gasteiger partial charge < -0.3 is 20.2 Å². The SMILES string of the molecule is CN=C(NCC(C)(O)c1ccco1)NC1CN(C2CC2)CC1C. The van der Waals surface area contributed by atoms with Gasteiger partial charge in [0, 0.05) is 32.2 Å². The molecule has 23 heavy (non-hydrogen) atoms. The van der Waals surface area contributed by atoms with Crippen molar-refractivity contribution < 1.29 is 9.52 Å². The molecule has 1 aromatic rings. The molecular weight excluding hydrogens is 292 g/mol. The molecule has 1 saturated heterocycles. The average molecular weight is 320 g/mol. The summed E-state index contributed by atoms with van der Waals surface area (Å²) >= 11 is 0. The molecular formula is C17H28N4O2. The number of furan rings is 1. The lowest BCUT2D eigenvalue weighted by Gasteiger charge is -2.25. The molecule has 2 heterocycles. The Morgan fingerprint density at radius 3 is 2.87 bits per heavy atom. The second-order valence-electron chi connectivity index (χ2n) is 7.09. The van der Waals surface area contributed by atoms with Crippen LogP contribution in [0, 0.1) is 5.92 Å². The Balaban J connectivity index is 1.52. The van der Waals surface area contributed by atoms with Gasteiger partial charge >= 0.3 is 0 Å². The Bertz CT molecular complexity index is 537. The number of likely N-dealkylation sites (tertiary alicyclic amines) is 1. The van der Waals surface area contributed by atoms with E-state index in [1.165, 1.54) is 12.8 Å². The van der Waals surface area contributed by atoms with Gasteiger partial charge in [0.15, 0.2) is 5.96 Å². The summed E-state index contributed by atoms with van der Waals surface area (Å²) in [5.41, 5.74) is -1.07. The fraction of sp³-hybridized carbons (Fsp3) is 0.706. The average Bonchev–Trinajstić information content (AvgIpc) is 3.08. The number of aliphatic hydroxyl groups is 1. The van der Waals surface area contributed by atoms with Crippen LogP contribution in [0.25, 0.3) is 0 Å². The van der Waals surface area contributed by atoms with Crippen LogP contribution >= 0.6 is 0 Å². The zero-order valence-corrected chi connectivity index (χ0v) is 14.2. The Labute approximate surface area is 138 Å². The smallest absolute Gasteiger partial charge is 0.191 e. The number of rotatable bonds is 5. The molecule has 128 valence electrons. The van der Waals surface area contributed by atoms with E-state index in [0.29, 0.717) is 24.3 Å². The van der Waals surface area contributed by atoms with E-state index >= 15 is 0 Å². The Morgan fingerprint density at radius 2 is 2.26 bits per heavy atom. The number of hydrogen-bond donors (Lipinski definition) is 3. The van der Waals surface area contributed by atoms with Gasteiger partial charge in [-0.15, -0.1) is 0 Å². The summed E-state index contributed by atoms with van der Waals surface area (Å²) in [4.78, 5) is 6.87. The van der Waals surface area contributed by atoms with Gasteiger partial charge in [0.2, 0.25) is 0 Å². The monoisotopic (exact) mass is 320 g/mol. The van der Waals surface area contributed by atoms with Crippen LogP contribution in [-0.4, -0.2) is 54.7 Å². The fourth-order valence-electron chi connectivity index (χ4n) is 3.23. The van der Waals surface area contributed by atoms with Crippen LogP contribution in [0.2, 0.25) is 0 Å². The Morgan fingerprint density at radius 1 is 1.48 bits per heavy atom. The molecule has 6 nitrogen and oxygen atoms in total. The first-order valence-corrected chi connectivity index (χ1v) is 8.47. The van der Waals surface area contributed by atoms with E-state index in [0.717, 1.165) is 25.1 Å². The van der Waals surface area contributed by atoms with Crippen LogP contribution in [0.5, 0.6) is 0 Å². The quantitative estimate of drug-likeness (QED) is 0.560. The lowest BCUT2D eigenvalue weighted by molar-refractivity contribution is 0.0385. The van der Waals surface area contributed by atoms with Crippen LogP contribution in [-0.2, 0) is 5.60 Å². The molecule has 3 atom stereocenters. The summed E-state index contributed by atoms with van der Waals surface area (Å²) in [6, 6.07) is 4.77. The van der Waals surface area contributed by atoms with Crippen molar-refractivity contribution in [3.63, 3.8) is 0 Å². The third-order valence-corrected chi connectivity index (χ3v) is 4.90. The fourth-order valence-corrected chi connectivity index (χ4v) is 3.23. The highest BCUT2D eigenvalue weighted by molar-refractivity contribution is 5.80. The second-order valence-corrected chi connectivity index (χ2v) is 7.09. The maximum atomic E-state index is 10.5. The van der Waals surface area contributed by atoms with Gasteiger partial charge in [-0.05, 0) is 37.8 Å². The van der Waals surface area contributed by atoms with E-state index in [-0.39, 0.29) is 0 Å². The number of nitrogens with zero attached hydrogens (tertiary/aromatic N) is 2. The normalized spacial score (nSPS) is 28.6. The van der Waals surface area contributed by atoms with Crippen molar-refractivity contribution in [2.45, 2.75) is 44.4 Å². The van der Waals surface area contributed by atoms with Crippen molar-refractivity contribution in [2.24, 2.45) is 10.9 Å². The van der Waals surface area contributed by atoms with E-state index in [1.807, 2.05) is 0 Å². The first-order chi connectivity index (χ1) is 11.0. The predicted molar refractivity (Wildman–Crippen MR) is 90.3 cm³/mol. The first kappa shape index (κ1) is 16.3. The Kier molecular flexibility index (Phi) is 4.64. The first-order valence-electron chi connectivity index (χ1n) is 8.47. The number of hydrogen-bond acceptors (Lipinski definition) is 4. The third-order valence-electron chi connectivity index (χ3n) is 4.90. The molecule has 0 radical (unpaired) electrons. The molecule has 2 aliphatic rings. The topological polar surface area (TPSA) is 73.0 Å². The van der Waals surface area contributed by atoms with Gasteiger partial charge in [-0.25, -0.2) is 0 Å². The molecule has 1 aromatic heterocycles. The maximum Gasteiger partial charge on any atom is 0.191 e. The van der Waals surface area contributed by atoms with E-state index in [1.54, 1.807) is 32.4 Å². The van der Waals surface area contributed by atoms with Crippen molar-refractivity contribution in [3.05, 3.63) is 24.2 Å². The van der Waals surface area contributed by atoms with Crippen LogP contribution < -0.4 is 10.6 Å². The van der Waals surface area contributed by atoms with Gasteiger partial charge in [0.1, 0.15) is 11.4 Å². The number of guanidine groups is 1. The molecule has 1 saturated carbocycles. The highest BCUT2D eigenvalue weighted by atomic mass is 16.4. The summed E-state index contributed by atoms with van der Waals surface area (Å²) in [6.45, 7) is 6.59. The van der Waals surface area contributed by atoms with Gasteiger partial charge in [-0.1, -0.05) is 6.92 Å². The van der Waals surface area contributed by atoms with Crippen LogP contribution in [0.4, 0.5) is 0 Å². The van der Waals surface area contributed by atoms with E-state index in [4.69, 9.17) is 4.42 Å². The number of aliphatic imine (C=N–C) groups is 1. The van der Waals surface area contributed by atoms with Crippen LogP contribution in [0.3, 0.4) is 0 Å². The summed E-state index contributed by atoms with van der Waals surface area (Å²) in [5.74, 6) is 1.88. The molecule has 3 N–H and O–H groups in total. The zero-order valence-electron chi connectivity index (χ0n) is 14.2. The van der Waals surface area contributed by atoms with Gasteiger partial charge in [0.05, 0.1) is 12.8 Å². The van der Waals surface area contributed by atoms with Crippen molar-refractivity contribution in [3.8, 4) is 0 Å².